The quantitative estimate of drug-likeness (QED) is 0.0675. The molecule has 0 bridgehead atoms. The lowest BCUT2D eigenvalue weighted by molar-refractivity contribution is 0.0460. The molecule has 0 spiro atoms. The minimum Gasteiger partial charge on any atom is -0.507 e. The summed E-state index contributed by atoms with van der Waals surface area (Å²) in [5.74, 6) is 1.45. The van der Waals surface area contributed by atoms with Crippen LogP contribution in [0.2, 0.25) is 18.1 Å². The van der Waals surface area contributed by atoms with E-state index in [0.29, 0.717) is 47.8 Å². The van der Waals surface area contributed by atoms with E-state index < -0.39 is 19.7 Å². The summed E-state index contributed by atoms with van der Waals surface area (Å²) >= 11 is 0. The van der Waals surface area contributed by atoms with Gasteiger partial charge < -0.3 is 19.7 Å². The van der Waals surface area contributed by atoms with Crippen molar-refractivity contribution >= 4 is 19.5 Å². The molecule has 0 radical (unpaired) electrons. The van der Waals surface area contributed by atoms with Gasteiger partial charge in [-0.05, 0) is 87.3 Å². The van der Waals surface area contributed by atoms with Crippen molar-refractivity contribution in [3.05, 3.63) is 118 Å². The van der Waals surface area contributed by atoms with Gasteiger partial charge in [0.25, 0.3) is 0 Å². The van der Waals surface area contributed by atoms with Gasteiger partial charge >= 0.3 is 0 Å². The van der Waals surface area contributed by atoms with Gasteiger partial charge in [0.1, 0.15) is 22.8 Å². The van der Waals surface area contributed by atoms with Crippen molar-refractivity contribution in [1.29, 1.82) is 0 Å². The predicted molar refractivity (Wildman–Crippen MR) is 241 cm³/mol. The Kier molecular flexibility index (Phi) is 14.5. The van der Waals surface area contributed by atoms with Crippen LogP contribution in [-0.2, 0) is 22.9 Å². The number of hydrogen-bond donors (Lipinski definition) is 2. The zero-order valence-corrected chi connectivity index (χ0v) is 37.8. The molecular formula is C50H71NO4Si. The maximum Gasteiger partial charge on any atom is 0.144 e. The van der Waals surface area contributed by atoms with Gasteiger partial charge in [0.2, 0.25) is 0 Å². The predicted octanol–water partition coefficient (Wildman–Crippen LogP) is 12.0. The summed E-state index contributed by atoms with van der Waals surface area (Å²) in [7, 11) is -2.14. The third kappa shape index (κ3) is 10.3. The van der Waals surface area contributed by atoms with E-state index in [-0.39, 0.29) is 21.6 Å². The largest absolute Gasteiger partial charge is 0.507 e. The second-order valence-corrected chi connectivity index (χ2v) is 24.5. The van der Waals surface area contributed by atoms with E-state index in [4.69, 9.17) is 14.5 Å². The number of phenolic OH excluding ortho intramolecular Hbond substituents is 1. The fraction of sp³-hybridized carbons (Fsp3) is 0.500. The van der Waals surface area contributed by atoms with E-state index in [0.717, 1.165) is 47.6 Å². The average molecular weight is 778 g/mol. The Morgan fingerprint density at radius 2 is 1.18 bits per heavy atom. The summed E-state index contributed by atoms with van der Waals surface area (Å²) in [5, 5.41) is 27.0. The molecule has 56 heavy (non-hydrogen) atoms. The van der Waals surface area contributed by atoms with E-state index in [2.05, 4.69) is 132 Å². The number of aliphatic imine (C=N–C) groups is 1. The Balaban J connectivity index is 2.19. The minimum absolute atomic E-state index is 0.0177. The van der Waals surface area contributed by atoms with Crippen molar-refractivity contribution in [1.82, 2.24) is 0 Å². The molecule has 0 heterocycles. The van der Waals surface area contributed by atoms with Gasteiger partial charge in [-0.15, -0.1) is 0 Å². The van der Waals surface area contributed by atoms with Gasteiger partial charge in [-0.25, -0.2) is 0 Å². The first kappa shape index (κ1) is 44.8. The van der Waals surface area contributed by atoms with Crippen molar-refractivity contribution in [3.8, 4) is 17.2 Å². The highest BCUT2D eigenvalue weighted by Crippen LogP contribution is 2.47. The summed E-state index contributed by atoms with van der Waals surface area (Å²) in [5.41, 5.74) is 3.07. The van der Waals surface area contributed by atoms with Crippen LogP contribution in [0.5, 0.6) is 17.2 Å². The van der Waals surface area contributed by atoms with Crippen LogP contribution < -0.4 is 14.7 Å². The average Bonchev–Trinajstić information content (AvgIpc) is 3.12. The van der Waals surface area contributed by atoms with Gasteiger partial charge in [0.15, 0.2) is 0 Å². The number of benzene rings is 4. The molecule has 0 aliphatic carbocycles. The van der Waals surface area contributed by atoms with Gasteiger partial charge in [0.05, 0.1) is 27.3 Å². The molecule has 0 saturated carbocycles. The lowest BCUT2D eigenvalue weighted by Crippen LogP contribution is -2.51. The first-order valence-electron chi connectivity index (χ1n) is 20.8. The molecular weight excluding hydrogens is 707 g/mol. The topological polar surface area (TPSA) is 71.3 Å². The van der Waals surface area contributed by atoms with Crippen LogP contribution in [0.1, 0.15) is 135 Å². The van der Waals surface area contributed by atoms with E-state index in [1.807, 2.05) is 42.6 Å². The van der Waals surface area contributed by atoms with Crippen molar-refractivity contribution in [2.24, 2.45) is 4.99 Å². The van der Waals surface area contributed by atoms with Crippen LogP contribution in [0, 0.1) is 0 Å². The number of rotatable bonds is 16. The standard InChI is InChI=1S/C50H71NO4Si/c1-14-16-30-54-43-28-26-37(47(3,4)5)33-40(43)50(53,41-34-38(48(6,7)8)27-29-44(41)55-31-17-15-2)46(32-36-22-19-18-20-23-36)51-35-39-42(52)24-21-25-45(39)56(12,13)49(9,10)11/h18-29,33-35,46,52-53H,14-17,30-32H2,1-13H3. The van der Waals surface area contributed by atoms with Gasteiger partial charge in [-0.1, -0.05) is 157 Å². The van der Waals surface area contributed by atoms with E-state index in [1.54, 1.807) is 6.07 Å². The molecule has 4 aromatic rings. The van der Waals surface area contributed by atoms with Crippen molar-refractivity contribution < 1.29 is 19.7 Å². The van der Waals surface area contributed by atoms with Crippen molar-refractivity contribution in [2.45, 2.75) is 149 Å². The van der Waals surface area contributed by atoms with Crippen LogP contribution in [0.15, 0.2) is 89.9 Å². The second kappa shape index (κ2) is 18.2. The van der Waals surface area contributed by atoms with Crippen LogP contribution in [-0.4, -0.2) is 43.8 Å². The molecule has 4 rings (SSSR count). The number of unbranched alkanes of at least 4 members (excludes halogenated alkanes) is 2. The third-order valence-corrected chi connectivity index (χ3v) is 17.3. The zero-order chi connectivity index (χ0) is 41.5. The van der Waals surface area contributed by atoms with Crippen molar-refractivity contribution in [2.75, 3.05) is 13.2 Å². The monoisotopic (exact) mass is 778 g/mol. The van der Waals surface area contributed by atoms with Crippen LogP contribution in [0.4, 0.5) is 0 Å². The fourth-order valence-electron chi connectivity index (χ4n) is 6.95. The molecule has 0 fully saturated rings. The summed E-state index contributed by atoms with van der Waals surface area (Å²) in [6, 6.07) is 27.9. The molecule has 0 aliphatic heterocycles. The Hall–Kier alpha value is -3.87. The number of aliphatic hydroxyl groups is 1. The van der Waals surface area contributed by atoms with Crippen LogP contribution in [0.25, 0.3) is 0 Å². The summed E-state index contributed by atoms with van der Waals surface area (Å²) in [6.07, 6.45) is 6.00. The number of hydrogen-bond acceptors (Lipinski definition) is 5. The fourth-order valence-corrected chi connectivity index (χ4v) is 9.13. The van der Waals surface area contributed by atoms with Gasteiger partial charge in [-0.3, -0.25) is 4.99 Å². The van der Waals surface area contributed by atoms with E-state index in [1.165, 1.54) is 0 Å². The zero-order valence-electron chi connectivity index (χ0n) is 36.8. The number of ether oxygens (including phenoxy) is 2. The second-order valence-electron chi connectivity index (χ2n) is 19.2. The summed E-state index contributed by atoms with van der Waals surface area (Å²) in [4.78, 5) is 5.47. The van der Waals surface area contributed by atoms with Gasteiger partial charge in [0, 0.05) is 22.9 Å². The highest BCUT2D eigenvalue weighted by Gasteiger charge is 2.46. The molecule has 1 atom stereocenters. The van der Waals surface area contributed by atoms with Gasteiger partial charge in [-0.2, -0.15) is 0 Å². The normalized spacial score (nSPS) is 13.6. The molecule has 304 valence electrons. The molecule has 0 saturated heterocycles. The molecule has 0 aromatic heterocycles. The maximum atomic E-state index is 14.3. The molecule has 6 heteroatoms. The SMILES string of the molecule is CCCCOc1ccc(C(C)(C)C)cc1C(O)(c1cc(C(C)(C)C)ccc1OCCCC)C(Cc1ccccc1)N=Cc1c(O)cccc1[Si](C)(C)C(C)(C)C. The first-order chi connectivity index (χ1) is 26.2. The molecule has 5 nitrogen and oxygen atoms in total. The molecule has 4 aromatic carbocycles. The Bertz CT molecular complexity index is 1840. The summed E-state index contributed by atoms with van der Waals surface area (Å²) in [6.45, 7) is 30.1. The number of phenols is 1. The van der Waals surface area contributed by atoms with Crippen LogP contribution in [0.3, 0.4) is 0 Å². The molecule has 0 amide bonds. The molecule has 1 unspecified atom stereocenters. The van der Waals surface area contributed by atoms with Crippen molar-refractivity contribution in [3.63, 3.8) is 0 Å². The maximum absolute atomic E-state index is 14.3. The Morgan fingerprint density at radius 1 is 0.679 bits per heavy atom. The smallest absolute Gasteiger partial charge is 0.144 e. The van der Waals surface area contributed by atoms with E-state index >= 15 is 0 Å². The number of aromatic hydroxyl groups is 1. The lowest BCUT2D eigenvalue weighted by atomic mass is 9.73. The Labute approximate surface area is 340 Å². The Morgan fingerprint density at radius 3 is 1.62 bits per heavy atom. The highest BCUT2D eigenvalue weighted by atomic mass is 28.3. The van der Waals surface area contributed by atoms with Crippen LogP contribution >= 0.6 is 0 Å². The highest BCUT2D eigenvalue weighted by molar-refractivity contribution is 6.92. The number of nitrogens with zero attached hydrogens (tertiary/aromatic N) is 1. The third-order valence-electron chi connectivity index (χ3n) is 11.8. The first-order valence-corrected chi connectivity index (χ1v) is 23.8. The minimum atomic E-state index is -2.14. The van der Waals surface area contributed by atoms with E-state index in [9.17, 15) is 10.2 Å². The summed E-state index contributed by atoms with van der Waals surface area (Å²) < 4.78 is 13.3. The molecule has 0 aliphatic rings. The lowest BCUT2D eigenvalue weighted by Gasteiger charge is -2.39. The molecule has 2 N–H and O–H groups in total.